The minimum absolute atomic E-state index is 0.456. The molecule has 0 radical (unpaired) electrons. The maximum Gasteiger partial charge on any atom is 0.139 e. The highest BCUT2D eigenvalue weighted by molar-refractivity contribution is 6.33. The SMILES string of the molecule is Bc1ccc(O)c2c1CNCC2. The Hall–Kier alpha value is -0.955. The van der Waals surface area contributed by atoms with Crippen molar-refractivity contribution in [3.8, 4) is 5.75 Å². The summed E-state index contributed by atoms with van der Waals surface area (Å²) < 4.78 is 0. The van der Waals surface area contributed by atoms with E-state index in [1.54, 1.807) is 6.07 Å². The van der Waals surface area contributed by atoms with Gasteiger partial charge in [0.15, 0.2) is 0 Å². The fourth-order valence-electron chi connectivity index (χ4n) is 1.75. The van der Waals surface area contributed by atoms with E-state index in [2.05, 4.69) is 13.2 Å². The van der Waals surface area contributed by atoms with Gasteiger partial charge in [0.1, 0.15) is 13.6 Å². The zero-order valence-electron chi connectivity index (χ0n) is 7.22. The van der Waals surface area contributed by atoms with Gasteiger partial charge in [0.2, 0.25) is 0 Å². The smallest absolute Gasteiger partial charge is 0.139 e. The molecule has 0 aromatic heterocycles. The number of nitrogens with one attached hydrogen (secondary N) is 1. The number of phenolic OH excluding ortho intramolecular Hbond substituents is 1. The van der Waals surface area contributed by atoms with Crippen LogP contribution in [0.1, 0.15) is 11.1 Å². The molecule has 0 saturated heterocycles. The van der Waals surface area contributed by atoms with E-state index in [0.29, 0.717) is 5.75 Å². The first kappa shape index (κ1) is 7.68. The van der Waals surface area contributed by atoms with Gasteiger partial charge < -0.3 is 10.4 Å². The molecule has 2 rings (SSSR count). The van der Waals surface area contributed by atoms with Crippen molar-refractivity contribution in [1.82, 2.24) is 5.32 Å². The molecule has 62 valence electrons. The van der Waals surface area contributed by atoms with Crippen molar-refractivity contribution in [3.63, 3.8) is 0 Å². The Kier molecular flexibility index (Phi) is 1.81. The molecule has 0 spiro atoms. The number of hydrogen-bond acceptors (Lipinski definition) is 2. The van der Waals surface area contributed by atoms with Crippen LogP contribution in [-0.2, 0) is 13.0 Å². The Bertz CT molecular complexity index is 281. The van der Waals surface area contributed by atoms with Crippen LogP contribution >= 0.6 is 0 Å². The van der Waals surface area contributed by atoms with Gasteiger partial charge in [0.05, 0.1) is 0 Å². The maximum absolute atomic E-state index is 9.55. The van der Waals surface area contributed by atoms with Gasteiger partial charge in [-0.05, 0) is 30.2 Å². The van der Waals surface area contributed by atoms with Gasteiger partial charge in [-0.2, -0.15) is 0 Å². The lowest BCUT2D eigenvalue weighted by Crippen LogP contribution is -2.29. The molecule has 0 aliphatic carbocycles. The Morgan fingerprint density at radius 1 is 1.33 bits per heavy atom. The van der Waals surface area contributed by atoms with E-state index in [4.69, 9.17) is 0 Å². The Morgan fingerprint density at radius 2 is 2.17 bits per heavy atom. The fourth-order valence-corrected chi connectivity index (χ4v) is 1.75. The lowest BCUT2D eigenvalue weighted by molar-refractivity contribution is 0.461. The average molecular weight is 161 g/mol. The van der Waals surface area contributed by atoms with E-state index >= 15 is 0 Å². The molecule has 1 heterocycles. The van der Waals surface area contributed by atoms with Crippen molar-refractivity contribution < 1.29 is 5.11 Å². The van der Waals surface area contributed by atoms with E-state index in [1.807, 2.05) is 6.07 Å². The Labute approximate surface area is 73.0 Å². The molecule has 0 saturated carbocycles. The van der Waals surface area contributed by atoms with Crippen LogP contribution in [0.25, 0.3) is 0 Å². The van der Waals surface area contributed by atoms with E-state index in [9.17, 15) is 5.11 Å². The molecule has 0 unspecified atom stereocenters. The number of aromatic hydroxyl groups is 1. The van der Waals surface area contributed by atoms with E-state index in [-0.39, 0.29) is 0 Å². The van der Waals surface area contributed by atoms with Gasteiger partial charge in [0.25, 0.3) is 0 Å². The van der Waals surface area contributed by atoms with Crippen molar-refractivity contribution in [2.45, 2.75) is 13.0 Å². The second-order valence-corrected chi connectivity index (χ2v) is 3.29. The van der Waals surface area contributed by atoms with Gasteiger partial charge in [-0.25, -0.2) is 0 Å². The first-order valence-corrected chi connectivity index (χ1v) is 4.30. The summed E-state index contributed by atoms with van der Waals surface area (Å²) in [5.41, 5.74) is 3.69. The van der Waals surface area contributed by atoms with Gasteiger partial charge in [-0.1, -0.05) is 11.5 Å². The van der Waals surface area contributed by atoms with Crippen LogP contribution in [0.5, 0.6) is 5.75 Å². The van der Waals surface area contributed by atoms with Crippen LogP contribution in [0.3, 0.4) is 0 Å². The average Bonchev–Trinajstić information content (AvgIpc) is 2.12. The molecule has 3 heteroatoms. The summed E-state index contributed by atoms with van der Waals surface area (Å²) in [6.45, 7) is 1.87. The molecule has 1 aliphatic heterocycles. The minimum atomic E-state index is 0.456. The Morgan fingerprint density at radius 3 is 2.92 bits per heavy atom. The molecule has 0 amide bonds. The van der Waals surface area contributed by atoms with Crippen LogP contribution in [0.4, 0.5) is 0 Å². The predicted octanol–water partition coefficient (Wildman–Crippen LogP) is -0.704. The summed E-state index contributed by atoms with van der Waals surface area (Å²) >= 11 is 0. The fraction of sp³-hybridized carbons (Fsp3) is 0.333. The minimum Gasteiger partial charge on any atom is -0.508 e. The number of hydrogen-bond donors (Lipinski definition) is 2. The van der Waals surface area contributed by atoms with Crippen molar-refractivity contribution in [3.05, 3.63) is 23.3 Å². The predicted molar refractivity (Wildman–Crippen MR) is 51.7 cm³/mol. The molecule has 1 aliphatic rings. The van der Waals surface area contributed by atoms with Crippen LogP contribution < -0.4 is 10.8 Å². The van der Waals surface area contributed by atoms with Crippen LogP contribution in [0.2, 0.25) is 0 Å². The zero-order valence-corrected chi connectivity index (χ0v) is 7.22. The summed E-state index contributed by atoms with van der Waals surface area (Å²) in [6, 6.07) is 3.76. The Balaban J connectivity index is 2.57. The highest BCUT2D eigenvalue weighted by Crippen LogP contribution is 2.21. The van der Waals surface area contributed by atoms with Crippen molar-refractivity contribution in [2.24, 2.45) is 0 Å². The molecule has 0 fully saturated rings. The lowest BCUT2D eigenvalue weighted by Gasteiger charge is -2.20. The first-order chi connectivity index (χ1) is 5.79. The van der Waals surface area contributed by atoms with Gasteiger partial charge >= 0.3 is 0 Å². The highest BCUT2D eigenvalue weighted by Gasteiger charge is 2.13. The zero-order chi connectivity index (χ0) is 8.55. The van der Waals surface area contributed by atoms with E-state index in [1.165, 1.54) is 11.0 Å². The topological polar surface area (TPSA) is 32.3 Å². The third-order valence-electron chi connectivity index (χ3n) is 2.49. The molecular weight excluding hydrogens is 149 g/mol. The molecular formula is C9H12BNO. The van der Waals surface area contributed by atoms with Crippen LogP contribution in [0, 0.1) is 0 Å². The summed E-state index contributed by atoms with van der Waals surface area (Å²) in [5.74, 6) is 0.456. The van der Waals surface area contributed by atoms with E-state index in [0.717, 1.165) is 25.1 Å². The number of rotatable bonds is 0. The number of benzene rings is 1. The first-order valence-electron chi connectivity index (χ1n) is 4.30. The van der Waals surface area contributed by atoms with Crippen molar-refractivity contribution in [2.75, 3.05) is 6.54 Å². The summed E-state index contributed by atoms with van der Waals surface area (Å²) in [6.07, 6.45) is 0.947. The largest absolute Gasteiger partial charge is 0.508 e. The van der Waals surface area contributed by atoms with Gasteiger partial charge in [0, 0.05) is 6.54 Å². The van der Waals surface area contributed by atoms with Gasteiger partial charge in [-0.3, -0.25) is 0 Å². The van der Waals surface area contributed by atoms with Crippen LogP contribution in [-0.4, -0.2) is 19.5 Å². The standard InChI is InChI=1S/C9H12BNO/c10-8-1-2-9(12)6-3-4-11-5-7(6)8/h1-2,11-12H,3-5,10H2. The summed E-state index contributed by atoms with van der Waals surface area (Å²) in [4.78, 5) is 0. The maximum atomic E-state index is 9.55. The van der Waals surface area contributed by atoms with Gasteiger partial charge in [-0.15, -0.1) is 0 Å². The number of fused-ring (bicyclic) bond motifs is 1. The molecule has 2 nitrogen and oxygen atoms in total. The highest BCUT2D eigenvalue weighted by atomic mass is 16.3. The second kappa shape index (κ2) is 2.83. The quantitative estimate of drug-likeness (QED) is 0.493. The van der Waals surface area contributed by atoms with E-state index < -0.39 is 0 Å². The molecule has 12 heavy (non-hydrogen) atoms. The van der Waals surface area contributed by atoms with Crippen molar-refractivity contribution in [1.29, 1.82) is 0 Å². The van der Waals surface area contributed by atoms with Crippen LogP contribution in [0.15, 0.2) is 12.1 Å². The third kappa shape index (κ3) is 1.10. The third-order valence-corrected chi connectivity index (χ3v) is 2.49. The molecule has 1 aromatic rings. The number of phenols is 1. The summed E-state index contributed by atoms with van der Waals surface area (Å²) in [5, 5.41) is 12.9. The molecule has 1 aromatic carbocycles. The van der Waals surface area contributed by atoms with Crippen molar-refractivity contribution >= 4 is 13.3 Å². The molecule has 0 bridgehead atoms. The second-order valence-electron chi connectivity index (χ2n) is 3.29. The molecule has 2 N–H and O–H groups in total. The molecule has 0 atom stereocenters. The monoisotopic (exact) mass is 161 g/mol. The lowest BCUT2D eigenvalue weighted by atomic mass is 9.85. The summed E-state index contributed by atoms with van der Waals surface area (Å²) in [7, 11) is 2.09. The normalized spacial score (nSPS) is 15.7.